The van der Waals surface area contributed by atoms with Crippen LogP contribution in [0.5, 0.6) is 34.5 Å². The van der Waals surface area contributed by atoms with Gasteiger partial charge in [0.15, 0.2) is 29.2 Å². The van der Waals surface area contributed by atoms with Gasteiger partial charge in [-0.05, 0) is 53.1 Å². The van der Waals surface area contributed by atoms with Crippen molar-refractivity contribution < 1.29 is 43.1 Å². The first-order valence-electron chi connectivity index (χ1n) is 14.3. The summed E-state index contributed by atoms with van der Waals surface area (Å²) in [6.07, 6.45) is 0.421. The van der Waals surface area contributed by atoms with Crippen molar-refractivity contribution in [2.75, 3.05) is 41.8 Å². The van der Waals surface area contributed by atoms with E-state index in [0.717, 1.165) is 22.4 Å². The minimum atomic E-state index is -1.22. The Morgan fingerprint density at radius 1 is 0.933 bits per heavy atom. The van der Waals surface area contributed by atoms with E-state index in [0.29, 0.717) is 40.2 Å². The Hall–Kier alpha value is -5.01. The van der Waals surface area contributed by atoms with Crippen LogP contribution in [0.15, 0.2) is 54.7 Å². The minimum Gasteiger partial charge on any atom is -0.497 e. The molecule has 1 aliphatic carbocycles. The van der Waals surface area contributed by atoms with Gasteiger partial charge in [0.05, 0.1) is 52.8 Å². The number of aliphatic hydroxyl groups is 1. The summed E-state index contributed by atoms with van der Waals surface area (Å²) in [7, 11) is 6.22. The molecule has 1 aromatic heterocycles. The van der Waals surface area contributed by atoms with E-state index in [2.05, 4.69) is 15.6 Å². The van der Waals surface area contributed by atoms with Gasteiger partial charge in [-0.3, -0.25) is 10.1 Å². The van der Waals surface area contributed by atoms with Crippen LogP contribution in [-0.2, 0) is 9.53 Å². The quantitative estimate of drug-likeness (QED) is 0.210. The molecule has 13 nitrogen and oxygen atoms in total. The van der Waals surface area contributed by atoms with Gasteiger partial charge >= 0.3 is 5.97 Å². The van der Waals surface area contributed by atoms with Crippen LogP contribution in [0.1, 0.15) is 40.6 Å². The third-order valence-electron chi connectivity index (χ3n) is 8.68. The molecule has 0 bridgehead atoms. The molecule has 1 saturated heterocycles. The Labute approximate surface area is 258 Å². The SMILES string of the molecule is COc1cccc(-n2cc(C(O)N[C@@H]3c4cc5c(cc4[C@@H](c4cc(OC)c(OC)c(OC)c4)[C@H]4C(=O)OC[C@@H]43)OCO5)nn2)c1. The lowest BCUT2D eigenvalue weighted by Gasteiger charge is -2.40. The van der Waals surface area contributed by atoms with Crippen LogP contribution >= 0.6 is 0 Å². The molecular formula is C32H32N4O9. The van der Waals surface area contributed by atoms with Crippen LogP contribution in [0.2, 0.25) is 0 Å². The van der Waals surface area contributed by atoms with Crippen LogP contribution in [0, 0.1) is 11.8 Å². The highest BCUT2D eigenvalue weighted by atomic mass is 16.7. The van der Waals surface area contributed by atoms with Crippen molar-refractivity contribution in [3.63, 3.8) is 0 Å². The van der Waals surface area contributed by atoms with E-state index in [1.807, 2.05) is 48.5 Å². The van der Waals surface area contributed by atoms with Gasteiger partial charge in [0.2, 0.25) is 12.5 Å². The van der Waals surface area contributed by atoms with Gasteiger partial charge in [0, 0.05) is 23.9 Å². The molecule has 13 heteroatoms. The zero-order chi connectivity index (χ0) is 31.2. The standard InChI is InChI=1S/C32H32N4O9/c1-39-18-7-5-6-17(10-18)36-13-22(34-35-36)31(37)33-29-20-12-24-23(44-15-45-24)11-19(20)27(28-21(29)14-43-32(28)38)16-8-25(40-2)30(42-4)26(9-16)41-3/h5-13,21,27-29,31,33,37H,14-15H2,1-4H3/t21-,27+,28-,29+,31?/m0/s1. The van der Waals surface area contributed by atoms with Gasteiger partial charge in [-0.25, -0.2) is 4.68 Å². The van der Waals surface area contributed by atoms with Crippen LogP contribution < -0.4 is 33.7 Å². The summed E-state index contributed by atoms with van der Waals surface area (Å²) in [6.45, 7) is 0.231. The van der Waals surface area contributed by atoms with E-state index in [4.69, 9.17) is 33.2 Å². The predicted octanol–water partition coefficient (Wildman–Crippen LogP) is 3.29. The number of carbonyl (C=O) groups excluding carboxylic acids is 1. The molecule has 0 radical (unpaired) electrons. The van der Waals surface area contributed by atoms with Crippen molar-refractivity contribution in [2.24, 2.45) is 11.8 Å². The number of rotatable bonds is 9. The first-order chi connectivity index (χ1) is 21.9. The summed E-state index contributed by atoms with van der Waals surface area (Å²) in [4.78, 5) is 13.5. The van der Waals surface area contributed by atoms with E-state index >= 15 is 0 Å². The lowest BCUT2D eigenvalue weighted by atomic mass is 9.65. The Kier molecular flexibility index (Phi) is 7.34. The maximum atomic E-state index is 13.5. The topological polar surface area (TPSA) is 145 Å². The van der Waals surface area contributed by atoms with Crippen LogP contribution in [0.3, 0.4) is 0 Å². The van der Waals surface area contributed by atoms with E-state index in [1.54, 1.807) is 32.2 Å². The molecule has 3 aliphatic rings. The fourth-order valence-corrected chi connectivity index (χ4v) is 6.59. The molecule has 4 aromatic rings. The average Bonchev–Trinajstić information content (AvgIpc) is 3.84. The Balaban J connectivity index is 1.30. The van der Waals surface area contributed by atoms with Crippen molar-refractivity contribution in [2.45, 2.75) is 18.2 Å². The minimum absolute atomic E-state index is 0.0794. The molecule has 3 heterocycles. The molecule has 0 spiro atoms. The second kappa shape index (κ2) is 11.5. The highest BCUT2D eigenvalue weighted by molar-refractivity contribution is 5.79. The summed E-state index contributed by atoms with van der Waals surface area (Å²) in [5.41, 5.74) is 3.45. The van der Waals surface area contributed by atoms with Crippen molar-refractivity contribution in [3.05, 3.63) is 77.1 Å². The number of nitrogens with zero attached hydrogens (tertiary/aromatic N) is 3. The number of aliphatic hydroxyl groups excluding tert-OH is 1. The largest absolute Gasteiger partial charge is 0.497 e. The van der Waals surface area contributed by atoms with Crippen LogP contribution in [0.4, 0.5) is 0 Å². The molecule has 0 amide bonds. The molecule has 1 unspecified atom stereocenters. The number of ether oxygens (including phenoxy) is 7. The molecule has 5 atom stereocenters. The zero-order valence-corrected chi connectivity index (χ0v) is 25.1. The number of benzene rings is 3. The summed E-state index contributed by atoms with van der Waals surface area (Å²) < 4.78 is 40.9. The van der Waals surface area contributed by atoms with Crippen LogP contribution in [0.25, 0.3) is 5.69 Å². The Morgan fingerprint density at radius 3 is 2.36 bits per heavy atom. The number of esters is 1. The Bertz CT molecular complexity index is 1730. The summed E-state index contributed by atoms with van der Waals surface area (Å²) in [5, 5.41) is 23.2. The van der Waals surface area contributed by atoms with Crippen molar-refractivity contribution in [1.29, 1.82) is 0 Å². The fraction of sp³-hybridized carbons (Fsp3) is 0.344. The van der Waals surface area contributed by atoms with Gasteiger partial charge < -0.3 is 38.3 Å². The molecule has 2 N–H and O–H groups in total. The molecule has 7 rings (SSSR count). The van der Waals surface area contributed by atoms with Crippen molar-refractivity contribution in [1.82, 2.24) is 20.3 Å². The van der Waals surface area contributed by atoms with Gasteiger partial charge in [-0.15, -0.1) is 5.10 Å². The van der Waals surface area contributed by atoms with E-state index in [1.165, 1.54) is 7.11 Å². The molecule has 1 fully saturated rings. The van der Waals surface area contributed by atoms with Crippen molar-refractivity contribution in [3.8, 4) is 40.2 Å². The number of aromatic nitrogens is 3. The average molecular weight is 617 g/mol. The molecule has 3 aromatic carbocycles. The molecular weight excluding hydrogens is 584 g/mol. The zero-order valence-electron chi connectivity index (χ0n) is 25.1. The maximum Gasteiger partial charge on any atom is 0.310 e. The highest BCUT2D eigenvalue weighted by Crippen LogP contribution is 2.56. The lowest BCUT2D eigenvalue weighted by molar-refractivity contribution is -0.141. The summed E-state index contributed by atoms with van der Waals surface area (Å²) >= 11 is 0. The number of methoxy groups -OCH3 is 4. The second-order valence-electron chi connectivity index (χ2n) is 10.9. The second-order valence-corrected chi connectivity index (χ2v) is 10.9. The molecule has 2 aliphatic heterocycles. The lowest BCUT2D eigenvalue weighted by Crippen LogP contribution is -2.42. The molecule has 0 saturated carbocycles. The van der Waals surface area contributed by atoms with Gasteiger partial charge in [-0.1, -0.05) is 11.3 Å². The molecule has 234 valence electrons. The number of nitrogens with one attached hydrogen (secondary N) is 1. The van der Waals surface area contributed by atoms with E-state index < -0.39 is 24.1 Å². The maximum absolute atomic E-state index is 13.5. The van der Waals surface area contributed by atoms with Crippen molar-refractivity contribution >= 4 is 5.97 Å². The van der Waals surface area contributed by atoms with E-state index in [-0.39, 0.29) is 25.3 Å². The third kappa shape index (κ3) is 4.84. The monoisotopic (exact) mass is 616 g/mol. The Morgan fingerprint density at radius 2 is 1.67 bits per heavy atom. The van der Waals surface area contributed by atoms with Gasteiger partial charge in [0.1, 0.15) is 11.4 Å². The number of fused-ring (bicyclic) bond motifs is 3. The first-order valence-corrected chi connectivity index (χ1v) is 14.3. The summed E-state index contributed by atoms with van der Waals surface area (Å²) in [5.74, 6) is 1.44. The molecule has 45 heavy (non-hydrogen) atoms. The van der Waals surface area contributed by atoms with Crippen LogP contribution in [-0.4, -0.2) is 67.9 Å². The first kappa shape index (κ1) is 28.7. The number of cyclic esters (lactones) is 1. The third-order valence-corrected chi connectivity index (χ3v) is 8.68. The predicted molar refractivity (Wildman–Crippen MR) is 157 cm³/mol. The van der Waals surface area contributed by atoms with Gasteiger partial charge in [-0.2, -0.15) is 0 Å². The summed E-state index contributed by atoms with van der Waals surface area (Å²) in [6, 6.07) is 14.3. The number of hydrogen-bond acceptors (Lipinski definition) is 12. The number of carbonyl (C=O) groups is 1. The normalized spacial score (nSPS) is 21.8. The van der Waals surface area contributed by atoms with E-state index in [9.17, 15) is 9.90 Å². The fourth-order valence-electron chi connectivity index (χ4n) is 6.59. The smallest absolute Gasteiger partial charge is 0.310 e. The highest BCUT2D eigenvalue weighted by Gasteiger charge is 2.53. The van der Waals surface area contributed by atoms with Gasteiger partial charge in [0.25, 0.3) is 0 Å². The number of hydrogen-bond donors (Lipinski definition) is 2.